The van der Waals surface area contributed by atoms with Crippen LogP contribution in [0.5, 0.6) is 0 Å². The first-order chi connectivity index (χ1) is 16.6. The molecule has 0 heterocycles. The second kappa shape index (κ2) is 11.4. The first-order valence-corrected chi connectivity index (χ1v) is 11.7. The molecule has 0 fully saturated rings. The molecule has 2 amide bonds. The molecule has 0 aliphatic heterocycles. The third kappa shape index (κ3) is 7.06. The summed E-state index contributed by atoms with van der Waals surface area (Å²) in [6.07, 6.45) is 0. The Hall–Kier alpha value is -3.37. The highest BCUT2D eigenvalue weighted by molar-refractivity contribution is 6.31. The Bertz CT molecular complexity index is 1270. The van der Waals surface area contributed by atoms with Gasteiger partial charge in [0, 0.05) is 39.9 Å². The SMILES string of the molecule is CC(C)(CN)CN(Cc1cc(NC(=O)c2cccc(Cl)c2)ccc1Cl)C(=O)c1ccc(C#N)cc1. The van der Waals surface area contributed by atoms with Gasteiger partial charge in [-0.15, -0.1) is 0 Å². The van der Waals surface area contributed by atoms with Gasteiger partial charge in [0.25, 0.3) is 11.8 Å². The topological polar surface area (TPSA) is 99.2 Å². The van der Waals surface area contributed by atoms with Gasteiger partial charge in [-0.3, -0.25) is 9.59 Å². The minimum Gasteiger partial charge on any atom is -0.334 e. The van der Waals surface area contributed by atoms with Gasteiger partial charge in [-0.05, 0) is 78.2 Å². The molecular weight excluding hydrogens is 483 g/mol. The number of nitrogens with one attached hydrogen (secondary N) is 1. The molecule has 180 valence electrons. The highest BCUT2D eigenvalue weighted by atomic mass is 35.5. The van der Waals surface area contributed by atoms with Gasteiger partial charge in [0.05, 0.1) is 11.6 Å². The molecule has 0 bridgehead atoms. The monoisotopic (exact) mass is 508 g/mol. The summed E-state index contributed by atoms with van der Waals surface area (Å²) in [4.78, 5) is 27.7. The van der Waals surface area contributed by atoms with E-state index in [-0.39, 0.29) is 23.8 Å². The summed E-state index contributed by atoms with van der Waals surface area (Å²) in [5, 5.41) is 12.8. The lowest BCUT2D eigenvalue weighted by Gasteiger charge is -2.32. The standard InChI is InChI=1S/C27H26Cl2N4O2/c1-27(2,16-31)17-33(26(35)19-8-6-18(14-30)7-9-19)15-21-13-23(10-11-24(21)29)32-25(34)20-4-3-5-22(28)12-20/h3-13H,15-17,31H2,1-2H3,(H,32,34). The largest absolute Gasteiger partial charge is 0.334 e. The van der Waals surface area contributed by atoms with E-state index in [1.165, 1.54) is 0 Å². The fourth-order valence-electron chi connectivity index (χ4n) is 3.46. The van der Waals surface area contributed by atoms with Crippen LogP contribution in [-0.2, 0) is 6.54 Å². The van der Waals surface area contributed by atoms with Gasteiger partial charge in [-0.1, -0.05) is 43.1 Å². The zero-order valence-corrected chi connectivity index (χ0v) is 21.0. The van der Waals surface area contributed by atoms with E-state index in [0.29, 0.717) is 51.1 Å². The van der Waals surface area contributed by atoms with Gasteiger partial charge in [0.2, 0.25) is 0 Å². The number of carbonyl (C=O) groups excluding carboxylic acids is 2. The Morgan fingerprint density at radius 1 is 1.03 bits per heavy atom. The third-order valence-electron chi connectivity index (χ3n) is 5.47. The van der Waals surface area contributed by atoms with Crippen LogP contribution in [0.1, 0.15) is 45.7 Å². The minimum absolute atomic E-state index is 0.208. The Kier molecular flexibility index (Phi) is 8.52. The second-order valence-electron chi connectivity index (χ2n) is 8.99. The van der Waals surface area contributed by atoms with Crippen molar-refractivity contribution in [2.45, 2.75) is 20.4 Å². The number of anilines is 1. The van der Waals surface area contributed by atoms with Crippen LogP contribution < -0.4 is 11.1 Å². The summed E-state index contributed by atoms with van der Waals surface area (Å²) in [6.45, 7) is 4.94. The van der Waals surface area contributed by atoms with Crippen molar-refractivity contribution in [3.05, 3.63) is 99.0 Å². The molecule has 0 aliphatic rings. The molecule has 0 radical (unpaired) electrons. The van der Waals surface area contributed by atoms with E-state index in [2.05, 4.69) is 11.4 Å². The number of rotatable bonds is 8. The summed E-state index contributed by atoms with van der Waals surface area (Å²) in [6, 6.07) is 20.3. The summed E-state index contributed by atoms with van der Waals surface area (Å²) in [5.41, 5.74) is 8.17. The smallest absolute Gasteiger partial charge is 0.255 e. The molecule has 0 unspecified atom stereocenters. The molecule has 3 aromatic rings. The van der Waals surface area contributed by atoms with Crippen molar-refractivity contribution in [1.82, 2.24) is 4.90 Å². The number of nitriles is 1. The summed E-state index contributed by atoms with van der Waals surface area (Å²) in [5.74, 6) is -0.518. The predicted octanol–water partition coefficient (Wildman–Crippen LogP) is 5.74. The van der Waals surface area contributed by atoms with Gasteiger partial charge >= 0.3 is 0 Å². The van der Waals surface area contributed by atoms with Crippen LogP contribution in [-0.4, -0.2) is 29.8 Å². The van der Waals surface area contributed by atoms with Crippen molar-refractivity contribution in [2.75, 3.05) is 18.4 Å². The maximum Gasteiger partial charge on any atom is 0.255 e. The number of hydrogen-bond donors (Lipinski definition) is 2. The molecule has 0 saturated heterocycles. The Balaban J connectivity index is 1.87. The molecule has 0 aliphatic carbocycles. The zero-order valence-electron chi connectivity index (χ0n) is 19.5. The van der Waals surface area contributed by atoms with Gasteiger partial charge in [0.15, 0.2) is 0 Å². The van der Waals surface area contributed by atoms with Crippen molar-refractivity contribution in [3.63, 3.8) is 0 Å². The van der Waals surface area contributed by atoms with Crippen LogP contribution in [0, 0.1) is 16.7 Å². The summed E-state index contributed by atoms with van der Waals surface area (Å²) >= 11 is 12.5. The predicted molar refractivity (Wildman–Crippen MR) is 140 cm³/mol. The Labute approximate surface area is 215 Å². The quantitative estimate of drug-likeness (QED) is 0.404. The van der Waals surface area contributed by atoms with Gasteiger partial charge < -0.3 is 16.0 Å². The van der Waals surface area contributed by atoms with E-state index < -0.39 is 0 Å². The molecule has 3 N–H and O–H groups in total. The van der Waals surface area contributed by atoms with Crippen LogP contribution in [0.3, 0.4) is 0 Å². The Morgan fingerprint density at radius 2 is 1.74 bits per heavy atom. The second-order valence-corrected chi connectivity index (χ2v) is 9.83. The van der Waals surface area contributed by atoms with Crippen molar-refractivity contribution in [3.8, 4) is 6.07 Å². The molecule has 0 aromatic heterocycles. The van der Waals surface area contributed by atoms with Crippen molar-refractivity contribution in [2.24, 2.45) is 11.1 Å². The number of nitrogens with two attached hydrogens (primary N) is 1. The fourth-order valence-corrected chi connectivity index (χ4v) is 3.83. The molecule has 3 rings (SSSR count). The fraction of sp³-hybridized carbons (Fsp3) is 0.222. The zero-order chi connectivity index (χ0) is 25.6. The number of nitrogens with zero attached hydrogens (tertiary/aromatic N) is 2. The third-order valence-corrected chi connectivity index (χ3v) is 6.08. The molecule has 0 spiro atoms. The molecule has 35 heavy (non-hydrogen) atoms. The van der Waals surface area contributed by atoms with E-state index >= 15 is 0 Å². The van der Waals surface area contributed by atoms with Crippen molar-refractivity contribution in [1.29, 1.82) is 5.26 Å². The number of hydrogen-bond acceptors (Lipinski definition) is 4. The van der Waals surface area contributed by atoms with E-state index in [1.54, 1.807) is 71.6 Å². The average Bonchev–Trinajstić information content (AvgIpc) is 2.85. The van der Waals surface area contributed by atoms with Crippen LogP contribution in [0.25, 0.3) is 0 Å². The normalized spacial score (nSPS) is 11.0. The Morgan fingerprint density at radius 3 is 2.37 bits per heavy atom. The van der Waals surface area contributed by atoms with Gasteiger partial charge in [-0.2, -0.15) is 5.26 Å². The van der Waals surface area contributed by atoms with Gasteiger partial charge in [-0.25, -0.2) is 0 Å². The van der Waals surface area contributed by atoms with Crippen LogP contribution in [0.2, 0.25) is 10.0 Å². The van der Waals surface area contributed by atoms with E-state index in [0.717, 1.165) is 0 Å². The first-order valence-electron chi connectivity index (χ1n) is 11.0. The van der Waals surface area contributed by atoms with Crippen molar-refractivity contribution >= 4 is 40.7 Å². The molecule has 6 nitrogen and oxygen atoms in total. The molecule has 0 saturated carbocycles. The lowest BCUT2D eigenvalue weighted by atomic mass is 9.92. The van der Waals surface area contributed by atoms with Crippen molar-refractivity contribution < 1.29 is 9.59 Å². The molecule has 3 aromatic carbocycles. The minimum atomic E-state index is -0.340. The van der Waals surface area contributed by atoms with Crippen LogP contribution >= 0.6 is 23.2 Å². The lowest BCUT2D eigenvalue weighted by molar-refractivity contribution is 0.0673. The highest BCUT2D eigenvalue weighted by Crippen LogP contribution is 2.26. The van der Waals surface area contributed by atoms with Gasteiger partial charge in [0.1, 0.15) is 0 Å². The summed E-state index contributed by atoms with van der Waals surface area (Å²) < 4.78 is 0. The first kappa shape index (κ1) is 26.2. The van der Waals surface area contributed by atoms with Crippen LogP contribution in [0.15, 0.2) is 66.7 Å². The molecule has 8 heteroatoms. The van der Waals surface area contributed by atoms with E-state index in [9.17, 15) is 9.59 Å². The summed E-state index contributed by atoms with van der Waals surface area (Å²) in [7, 11) is 0. The average molecular weight is 509 g/mol. The van der Waals surface area contributed by atoms with E-state index in [1.807, 2.05) is 13.8 Å². The number of amides is 2. The number of halogens is 2. The maximum absolute atomic E-state index is 13.4. The maximum atomic E-state index is 13.4. The number of benzene rings is 3. The lowest BCUT2D eigenvalue weighted by Crippen LogP contribution is -2.41. The van der Waals surface area contributed by atoms with E-state index in [4.69, 9.17) is 34.2 Å². The molecular formula is C27H26Cl2N4O2. The highest BCUT2D eigenvalue weighted by Gasteiger charge is 2.25. The number of carbonyl (C=O) groups is 2. The van der Waals surface area contributed by atoms with Crippen LogP contribution in [0.4, 0.5) is 5.69 Å². The molecule has 0 atom stereocenters.